The van der Waals surface area contributed by atoms with Crippen LogP contribution in [0.15, 0.2) is 28.7 Å². The fraction of sp³-hybridized carbons (Fsp3) is 0.500. The van der Waals surface area contributed by atoms with E-state index in [1.807, 2.05) is 19.1 Å². The molecule has 2 rings (SSSR count). The second-order valence-corrected chi connectivity index (χ2v) is 5.65. The van der Waals surface area contributed by atoms with Crippen LogP contribution in [0.5, 0.6) is 0 Å². The quantitative estimate of drug-likeness (QED) is 0.800. The maximum Gasteiger partial charge on any atom is 0.338 e. The van der Waals surface area contributed by atoms with Gasteiger partial charge in [-0.2, -0.15) is 0 Å². The minimum Gasteiger partial charge on any atom is -0.458 e. The van der Waals surface area contributed by atoms with Gasteiger partial charge in [-0.1, -0.05) is 22.0 Å². The SMILES string of the molecule is C[C@@H](CN1CCCC1)OC(=O)c1cccc(Br)c1. The van der Waals surface area contributed by atoms with Gasteiger partial charge < -0.3 is 4.74 Å². The maximum absolute atomic E-state index is 11.9. The molecule has 1 aromatic carbocycles. The molecule has 1 heterocycles. The molecule has 0 spiro atoms. The number of hydrogen-bond donors (Lipinski definition) is 0. The van der Waals surface area contributed by atoms with Gasteiger partial charge in [0, 0.05) is 11.0 Å². The third kappa shape index (κ3) is 3.82. The number of nitrogens with zero attached hydrogens (tertiary/aromatic N) is 1. The van der Waals surface area contributed by atoms with Crippen molar-refractivity contribution in [1.82, 2.24) is 4.90 Å². The molecule has 0 amide bonds. The van der Waals surface area contributed by atoms with Crippen LogP contribution >= 0.6 is 15.9 Å². The Morgan fingerprint density at radius 3 is 2.83 bits per heavy atom. The van der Waals surface area contributed by atoms with E-state index in [1.165, 1.54) is 12.8 Å². The summed E-state index contributed by atoms with van der Waals surface area (Å²) < 4.78 is 6.34. The molecule has 0 aromatic heterocycles. The average molecular weight is 312 g/mol. The minimum absolute atomic E-state index is 0.0606. The molecular weight excluding hydrogens is 294 g/mol. The highest BCUT2D eigenvalue weighted by Crippen LogP contribution is 2.14. The van der Waals surface area contributed by atoms with Crippen LogP contribution in [0, 0.1) is 0 Å². The van der Waals surface area contributed by atoms with Gasteiger partial charge in [0.1, 0.15) is 6.10 Å². The van der Waals surface area contributed by atoms with Crippen molar-refractivity contribution in [2.24, 2.45) is 0 Å². The Hall–Kier alpha value is -0.870. The summed E-state index contributed by atoms with van der Waals surface area (Å²) in [5.74, 6) is -0.247. The number of likely N-dealkylation sites (tertiary alicyclic amines) is 1. The number of hydrogen-bond acceptors (Lipinski definition) is 3. The first kappa shape index (κ1) is 13.6. The smallest absolute Gasteiger partial charge is 0.338 e. The Morgan fingerprint density at radius 1 is 1.44 bits per heavy atom. The first-order chi connectivity index (χ1) is 8.65. The molecule has 1 aliphatic rings. The van der Waals surface area contributed by atoms with Crippen LogP contribution in [0.2, 0.25) is 0 Å². The van der Waals surface area contributed by atoms with E-state index in [-0.39, 0.29) is 12.1 Å². The van der Waals surface area contributed by atoms with Gasteiger partial charge in [0.25, 0.3) is 0 Å². The van der Waals surface area contributed by atoms with E-state index < -0.39 is 0 Å². The molecular formula is C14H18BrNO2. The summed E-state index contributed by atoms with van der Waals surface area (Å²) in [6.45, 7) is 5.03. The fourth-order valence-corrected chi connectivity index (χ4v) is 2.63. The molecule has 1 atom stereocenters. The average Bonchev–Trinajstić information content (AvgIpc) is 2.81. The summed E-state index contributed by atoms with van der Waals surface area (Å²) in [6, 6.07) is 7.29. The number of rotatable bonds is 4. The summed E-state index contributed by atoms with van der Waals surface area (Å²) in [7, 11) is 0. The Labute approximate surface area is 116 Å². The van der Waals surface area contributed by atoms with Crippen molar-refractivity contribution in [2.75, 3.05) is 19.6 Å². The molecule has 1 fully saturated rings. The van der Waals surface area contributed by atoms with Crippen LogP contribution in [-0.4, -0.2) is 36.6 Å². The summed E-state index contributed by atoms with van der Waals surface area (Å²) >= 11 is 3.35. The van der Waals surface area contributed by atoms with Gasteiger partial charge in [0.2, 0.25) is 0 Å². The van der Waals surface area contributed by atoms with Crippen molar-refractivity contribution in [3.05, 3.63) is 34.3 Å². The monoisotopic (exact) mass is 311 g/mol. The molecule has 98 valence electrons. The van der Waals surface area contributed by atoms with Gasteiger partial charge in [0.15, 0.2) is 0 Å². The lowest BCUT2D eigenvalue weighted by Gasteiger charge is -2.20. The van der Waals surface area contributed by atoms with Gasteiger partial charge in [-0.3, -0.25) is 4.90 Å². The van der Waals surface area contributed by atoms with Crippen molar-refractivity contribution in [1.29, 1.82) is 0 Å². The summed E-state index contributed by atoms with van der Waals surface area (Å²) in [5.41, 5.74) is 0.595. The third-order valence-electron chi connectivity index (χ3n) is 3.08. The van der Waals surface area contributed by atoms with E-state index in [9.17, 15) is 4.79 Å². The minimum atomic E-state index is -0.247. The fourth-order valence-electron chi connectivity index (χ4n) is 2.23. The molecule has 0 saturated carbocycles. The molecule has 1 aliphatic heterocycles. The number of halogens is 1. The van der Waals surface area contributed by atoms with Crippen molar-refractivity contribution in [3.8, 4) is 0 Å². The van der Waals surface area contributed by atoms with Crippen LogP contribution in [0.1, 0.15) is 30.1 Å². The number of esters is 1. The summed E-state index contributed by atoms with van der Waals surface area (Å²) in [5, 5.41) is 0. The van der Waals surface area contributed by atoms with Crippen molar-refractivity contribution in [3.63, 3.8) is 0 Å². The Balaban J connectivity index is 1.86. The van der Waals surface area contributed by atoms with Crippen molar-refractivity contribution in [2.45, 2.75) is 25.9 Å². The second-order valence-electron chi connectivity index (χ2n) is 4.73. The lowest BCUT2D eigenvalue weighted by atomic mass is 10.2. The molecule has 1 saturated heterocycles. The normalized spacial score (nSPS) is 17.7. The number of carbonyl (C=O) groups excluding carboxylic acids is 1. The predicted molar refractivity (Wildman–Crippen MR) is 74.7 cm³/mol. The van der Waals surface area contributed by atoms with Crippen molar-refractivity contribution < 1.29 is 9.53 Å². The van der Waals surface area contributed by atoms with E-state index >= 15 is 0 Å². The van der Waals surface area contributed by atoms with Crippen LogP contribution < -0.4 is 0 Å². The van der Waals surface area contributed by atoms with Gasteiger partial charge in [-0.05, 0) is 51.1 Å². The zero-order valence-corrected chi connectivity index (χ0v) is 12.1. The number of carbonyl (C=O) groups is 1. The molecule has 0 radical (unpaired) electrons. The highest BCUT2D eigenvalue weighted by atomic mass is 79.9. The molecule has 0 bridgehead atoms. The van der Waals surface area contributed by atoms with Gasteiger partial charge >= 0.3 is 5.97 Å². The Bertz CT molecular complexity index is 416. The van der Waals surface area contributed by atoms with Crippen LogP contribution in [0.25, 0.3) is 0 Å². The summed E-state index contributed by atoms with van der Waals surface area (Å²) in [4.78, 5) is 14.3. The van der Waals surface area contributed by atoms with E-state index in [1.54, 1.807) is 12.1 Å². The zero-order chi connectivity index (χ0) is 13.0. The van der Waals surface area contributed by atoms with Crippen molar-refractivity contribution >= 4 is 21.9 Å². The first-order valence-electron chi connectivity index (χ1n) is 6.34. The van der Waals surface area contributed by atoms with Crippen LogP contribution in [0.4, 0.5) is 0 Å². The summed E-state index contributed by atoms with van der Waals surface area (Å²) in [6.07, 6.45) is 2.45. The molecule has 0 N–H and O–H groups in total. The molecule has 1 aromatic rings. The molecule has 0 unspecified atom stereocenters. The second kappa shape index (κ2) is 6.34. The Morgan fingerprint density at radius 2 is 2.17 bits per heavy atom. The largest absolute Gasteiger partial charge is 0.458 e. The third-order valence-corrected chi connectivity index (χ3v) is 3.58. The topological polar surface area (TPSA) is 29.5 Å². The maximum atomic E-state index is 11.9. The highest BCUT2D eigenvalue weighted by molar-refractivity contribution is 9.10. The molecule has 18 heavy (non-hydrogen) atoms. The van der Waals surface area contributed by atoms with E-state index in [4.69, 9.17) is 4.74 Å². The van der Waals surface area contributed by atoms with E-state index in [0.717, 1.165) is 24.1 Å². The van der Waals surface area contributed by atoms with E-state index in [0.29, 0.717) is 5.56 Å². The van der Waals surface area contributed by atoms with Crippen LogP contribution in [-0.2, 0) is 4.74 Å². The Kier molecular flexibility index (Phi) is 4.78. The predicted octanol–water partition coefficient (Wildman–Crippen LogP) is 3.09. The first-order valence-corrected chi connectivity index (χ1v) is 7.13. The number of ether oxygens (including phenoxy) is 1. The lowest BCUT2D eigenvalue weighted by molar-refractivity contribution is 0.0271. The molecule has 3 nitrogen and oxygen atoms in total. The molecule has 0 aliphatic carbocycles. The highest BCUT2D eigenvalue weighted by Gasteiger charge is 2.18. The van der Waals surface area contributed by atoms with Gasteiger partial charge in [-0.25, -0.2) is 4.79 Å². The van der Waals surface area contributed by atoms with E-state index in [2.05, 4.69) is 20.8 Å². The standard InChI is InChI=1S/C14H18BrNO2/c1-11(10-16-7-2-3-8-16)18-14(17)12-5-4-6-13(15)9-12/h4-6,9,11H,2-3,7-8,10H2,1H3/t11-/m0/s1. The van der Waals surface area contributed by atoms with Gasteiger partial charge in [-0.15, -0.1) is 0 Å². The van der Waals surface area contributed by atoms with Gasteiger partial charge in [0.05, 0.1) is 5.56 Å². The van der Waals surface area contributed by atoms with Crippen LogP contribution in [0.3, 0.4) is 0 Å². The lowest BCUT2D eigenvalue weighted by Crippen LogP contribution is -2.31. The number of benzene rings is 1. The molecule has 4 heteroatoms. The zero-order valence-electron chi connectivity index (χ0n) is 10.6.